The number of allylic oxidation sites excluding steroid dienone is 2. The summed E-state index contributed by atoms with van der Waals surface area (Å²) in [6.45, 7) is 1.99. The van der Waals surface area contributed by atoms with E-state index in [0.717, 1.165) is 19.3 Å². The van der Waals surface area contributed by atoms with Gasteiger partial charge in [-0.05, 0) is 19.3 Å². The average Bonchev–Trinajstić information content (AvgIpc) is 2.58. The number of hydrogen-bond donors (Lipinski definition) is 2. The third-order valence-corrected chi connectivity index (χ3v) is 2.91. The molecule has 0 saturated heterocycles. The van der Waals surface area contributed by atoms with Gasteiger partial charge < -0.3 is 10.4 Å². The number of nitrogens with one attached hydrogen (secondary N) is 1. The Labute approximate surface area is 95.7 Å². The molecule has 90 valence electrons. The highest BCUT2D eigenvalue weighted by Crippen LogP contribution is 2.25. The molecule has 0 aromatic heterocycles. The number of carbonyl (C=O) groups excluding carboxylic acids is 1. The van der Waals surface area contributed by atoms with Gasteiger partial charge in [-0.25, -0.2) is 0 Å². The monoisotopic (exact) mass is 225 g/mol. The summed E-state index contributed by atoms with van der Waals surface area (Å²) in [5.41, 5.74) is 0. The maximum atomic E-state index is 11.6. The van der Waals surface area contributed by atoms with E-state index in [1.165, 1.54) is 0 Å². The molecule has 0 unspecified atom stereocenters. The molecule has 0 spiro atoms. The van der Waals surface area contributed by atoms with Gasteiger partial charge >= 0.3 is 5.97 Å². The minimum absolute atomic E-state index is 0.0325. The molecule has 2 N–H and O–H groups in total. The van der Waals surface area contributed by atoms with Crippen molar-refractivity contribution in [2.45, 2.75) is 38.6 Å². The standard InChI is InChI=1S/C12H19NO3/c1-2-3-4-5-9-10(6-7-11(9)14)13-8-12(15)16/h3-4,9-10,13H,2,5-8H2,1H3,(H,15,16)/b4-3-/t9-,10-/m0/s1. The first-order valence-corrected chi connectivity index (χ1v) is 5.78. The third-order valence-electron chi connectivity index (χ3n) is 2.91. The number of carbonyl (C=O) groups is 2. The molecule has 0 aliphatic heterocycles. The average molecular weight is 225 g/mol. The van der Waals surface area contributed by atoms with E-state index in [0.29, 0.717) is 6.42 Å². The Bertz CT molecular complexity index is 286. The molecule has 4 heteroatoms. The lowest BCUT2D eigenvalue weighted by Crippen LogP contribution is -2.37. The van der Waals surface area contributed by atoms with Crippen molar-refractivity contribution in [2.75, 3.05) is 6.54 Å². The van der Waals surface area contributed by atoms with Crippen molar-refractivity contribution in [1.82, 2.24) is 5.32 Å². The lowest BCUT2D eigenvalue weighted by atomic mass is 9.98. The van der Waals surface area contributed by atoms with Crippen LogP contribution < -0.4 is 5.32 Å². The fraction of sp³-hybridized carbons (Fsp3) is 0.667. The highest BCUT2D eigenvalue weighted by molar-refractivity contribution is 5.84. The molecular formula is C12H19NO3. The topological polar surface area (TPSA) is 66.4 Å². The van der Waals surface area contributed by atoms with Crippen molar-refractivity contribution >= 4 is 11.8 Å². The van der Waals surface area contributed by atoms with Gasteiger partial charge in [0.15, 0.2) is 0 Å². The van der Waals surface area contributed by atoms with Crippen LogP contribution in [0.15, 0.2) is 12.2 Å². The summed E-state index contributed by atoms with van der Waals surface area (Å²) < 4.78 is 0. The highest BCUT2D eigenvalue weighted by Gasteiger charge is 2.33. The normalized spacial score (nSPS) is 25.4. The Hall–Kier alpha value is -1.16. The van der Waals surface area contributed by atoms with E-state index in [9.17, 15) is 9.59 Å². The van der Waals surface area contributed by atoms with Crippen LogP contribution in [-0.4, -0.2) is 29.4 Å². The molecule has 1 rings (SSSR count). The van der Waals surface area contributed by atoms with Gasteiger partial charge in [-0.3, -0.25) is 9.59 Å². The number of Topliss-reactive ketones (excluding diaryl/α,β-unsaturated/α-hetero) is 1. The second-order valence-electron chi connectivity index (χ2n) is 4.11. The zero-order chi connectivity index (χ0) is 12.0. The molecule has 1 aliphatic rings. The Morgan fingerprint density at radius 3 is 2.94 bits per heavy atom. The molecule has 4 nitrogen and oxygen atoms in total. The minimum Gasteiger partial charge on any atom is -0.480 e. The number of hydrogen-bond acceptors (Lipinski definition) is 3. The van der Waals surface area contributed by atoms with Gasteiger partial charge in [-0.2, -0.15) is 0 Å². The van der Waals surface area contributed by atoms with Gasteiger partial charge in [0.25, 0.3) is 0 Å². The largest absolute Gasteiger partial charge is 0.480 e. The quantitative estimate of drug-likeness (QED) is 0.670. The first-order valence-electron chi connectivity index (χ1n) is 5.78. The van der Waals surface area contributed by atoms with Gasteiger partial charge in [-0.1, -0.05) is 19.1 Å². The van der Waals surface area contributed by atoms with E-state index in [-0.39, 0.29) is 24.3 Å². The number of aliphatic carboxylic acids is 1. The predicted octanol–water partition coefficient (Wildman–Crippen LogP) is 1.36. The number of carboxylic acids is 1. The van der Waals surface area contributed by atoms with Gasteiger partial charge in [0, 0.05) is 18.4 Å². The number of carboxylic acid groups (broad SMARTS) is 1. The van der Waals surface area contributed by atoms with Crippen molar-refractivity contribution in [2.24, 2.45) is 5.92 Å². The zero-order valence-electron chi connectivity index (χ0n) is 9.61. The fourth-order valence-electron chi connectivity index (χ4n) is 2.08. The molecular weight excluding hydrogens is 206 g/mol. The fourth-order valence-corrected chi connectivity index (χ4v) is 2.08. The minimum atomic E-state index is -0.873. The van der Waals surface area contributed by atoms with Gasteiger partial charge in [-0.15, -0.1) is 0 Å². The van der Waals surface area contributed by atoms with E-state index < -0.39 is 5.97 Å². The molecule has 1 aliphatic carbocycles. The maximum absolute atomic E-state index is 11.6. The molecule has 16 heavy (non-hydrogen) atoms. The van der Waals surface area contributed by atoms with E-state index in [1.807, 2.05) is 19.1 Å². The third kappa shape index (κ3) is 3.77. The predicted molar refractivity (Wildman–Crippen MR) is 61.2 cm³/mol. The summed E-state index contributed by atoms with van der Waals surface area (Å²) in [5, 5.41) is 11.5. The van der Waals surface area contributed by atoms with Crippen LogP contribution in [0.5, 0.6) is 0 Å². The van der Waals surface area contributed by atoms with Crippen LogP contribution in [0.25, 0.3) is 0 Å². The second kappa shape index (κ2) is 6.43. The van der Waals surface area contributed by atoms with Gasteiger partial charge in [0.05, 0.1) is 6.54 Å². The summed E-state index contributed by atoms with van der Waals surface area (Å²) in [6.07, 6.45) is 7.08. The molecule has 1 saturated carbocycles. The van der Waals surface area contributed by atoms with Crippen LogP contribution in [-0.2, 0) is 9.59 Å². The molecule has 0 radical (unpaired) electrons. The molecule has 2 atom stereocenters. The summed E-state index contributed by atoms with van der Waals surface area (Å²) in [7, 11) is 0. The first-order chi connectivity index (χ1) is 7.65. The molecule has 0 heterocycles. The smallest absolute Gasteiger partial charge is 0.317 e. The first kappa shape index (κ1) is 12.9. The summed E-state index contributed by atoms with van der Waals surface area (Å²) in [4.78, 5) is 22.0. The van der Waals surface area contributed by atoms with Crippen LogP contribution in [0.2, 0.25) is 0 Å². The number of ketones is 1. The van der Waals surface area contributed by atoms with Crippen LogP contribution in [0.4, 0.5) is 0 Å². The molecule has 0 bridgehead atoms. The van der Waals surface area contributed by atoms with Crippen LogP contribution in [0, 0.1) is 5.92 Å². The van der Waals surface area contributed by atoms with E-state index in [1.54, 1.807) is 0 Å². The second-order valence-corrected chi connectivity index (χ2v) is 4.11. The van der Waals surface area contributed by atoms with Crippen molar-refractivity contribution in [3.8, 4) is 0 Å². The van der Waals surface area contributed by atoms with Crippen LogP contribution in [0.3, 0.4) is 0 Å². The van der Waals surface area contributed by atoms with E-state index in [2.05, 4.69) is 5.32 Å². The Morgan fingerprint density at radius 1 is 1.56 bits per heavy atom. The summed E-state index contributed by atoms with van der Waals surface area (Å²) in [5.74, 6) is -0.659. The molecule has 0 aromatic rings. The van der Waals surface area contributed by atoms with E-state index in [4.69, 9.17) is 5.11 Å². The Kier molecular flexibility index (Phi) is 5.19. The van der Waals surface area contributed by atoms with Gasteiger partial charge in [0.2, 0.25) is 0 Å². The lowest BCUT2D eigenvalue weighted by molar-refractivity contribution is -0.136. The Morgan fingerprint density at radius 2 is 2.31 bits per heavy atom. The van der Waals surface area contributed by atoms with Crippen molar-refractivity contribution in [1.29, 1.82) is 0 Å². The maximum Gasteiger partial charge on any atom is 0.317 e. The SMILES string of the molecule is CC/C=C\C[C@@H]1C(=O)CC[C@@H]1NCC(=O)O. The summed E-state index contributed by atoms with van der Waals surface area (Å²) in [6, 6.07) is 0.0325. The Balaban J connectivity index is 2.45. The van der Waals surface area contributed by atoms with Crippen molar-refractivity contribution in [3.63, 3.8) is 0 Å². The van der Waals surface area contributed by atoms with Crippen LogP contribution >= 0.6 is 0 Å². The molecule has 1 fully saturated rings. The van der Waals surface area contributed by atoms with Gasteiger partial charge in [0.1, 0.15) is 5.78 Å². The van der Waals surface area contributed by atoms with E-state index >= 15 is 0 Å². The zero-order valence-corrected chi connectivity index (χ0v) is 9.61. The summed E-state index contributed by atoms with van der Waals surface area (Å²) >= 11 is 0. The number of rotatable bonds is 6. The van der Waals surface area contributed by atoms with Crippen LogP contribution in [0.1, 0.15) is 32.6 Å². The molecule has 0 aromatic carbocycles. The van der Waals surface area contributed by atoms with Crippen molar-refractivity contribution < 1.29 is 14.7 Å². The highest BCUT2D eigenvalue weighted by atomic mass is 16.4. The van der Waals surface area contributed by atoms with Crippen molar-refractivity contribution in [3.05, 3.63) is 12.2 Å². The molecule has 0 amide bonds. The lowest BCUT2D eigenvalue weighted by Gasteiger charge is -2.17.